The Labute approximate surface area is 210 Å². The van der Waals surface area contributed by atoms with Crippen LogP contribution in [-0.4, -0.2) is 29.3 Å². The average molecular weight is 510 g/mol. The van der Waals surface area contributed by atoms with E-state index in [1.54, 1.807) is 12.1 Å². The van der Waals surface area contributed by atoms with Crippen LogP contribution in [0.2, 0.25) is 0 Å². The summed E-state index contributed by atoms with van der Waals surface area (Å²) in [6.45, 7) is 5.28. The normalized spacial score (nSPS) is 15.7. The number of pyridine rings is 1. The van der Waals surface area contributed by atoms with Crippen molar-refractivity contribution >= 4 is 14.0 Å². The molecule has 1 heterocycles. The van der Waals surface area contributed by atoms with Gasteiger partial charge in [0.05, 0.1) is 30.1 Å². The lowest BCUT2D eigenvalue weighted by Crippen LogP contribution is -2.23. The fourth-order valence-electron chi connectivity index (χ4n) is 4.59. The van der Waals surface area contributed by atoms with E-state index < -0.39 is 32.2 Å². The molecule has 1 N–H and O–H groups in total. The van der Waals surface area contributed by atoms with Crippen molar-refractivity contribution in [2.75, 3.05) is 7.11 Å². The molecule has 0 spiro atoms. The van der Waals surface area contributed by atoms with E-state index in [4.69, 9.17) is 14.2 Å². The molecule has 1 fully saturated rings. The molecule has 3 atom stereocenters. The first-order valence-electron chi connectivity index (χ1n) is 11.8. The number of aliphatic hydroxyl groups is 1. The average Bonchev–Trinajstić information content (AvgIpc) is 3.71. The standard InChI is InChI=1S/C28H29FNO5P/c1-4-35-23(32)16-22(31)28(36(33)34-3)25-24(18-12-14-21(29)15-13-18)17(2)26(19-8-6-5-7-9-19)30-27(25)20-10-11-20/h4-9,12-15,20,22,28,31,36H,1,10-11,16H2,2-3H3. The predicted octanol–water partition coefficient (Wildman–Crippen LogP) is 6.34. The fourth-order valence-corrected chi connectivity index (χ4v) is 5.80. The molecule has 0 aliphatic heterocycles. The molecule has 1 aliphatic carbocycles. The minimum Gasteiger partial charge on any atom is -0.435 e. The highest BCUT2D eigenvalue weighted by Gasteiger charge is 2.39. The van der Waals surface area contributed by atoms with Gasteiger partial charge < -0.3 is 14.4 Å². The summed E-state index contributed by atoms with van der Waals surface area (Å²) < 4.78 is 37.3. The summed E-state index contributed by atoms with van der Waals surface area (Å²) in [5.41, 5.74) is 4.15. The van der Waals surface area contributed by atoms with Crippen molar-refractivity contribution in [3.63, 3.8) is 0 Å². The smallest absolute Gasteiger partial charge is 0.313 e. The Hall–Kier alpha value is -3.12. The van der Waals surface area contributed by atoms with Gasteiger partial charge in [-0.1, -0.05) is 49.0 Å². The number of carbonyl (C=O) groups excluding carboxylic acids is 1. The third kappa shape index (κ3) is 5.49. The van der Waals surface area contributed by atoms with Crippen LogP contribution in [0.15, 0.2) is 67.4 Å². The SMILES string of the molecule is C=COC(=O)CC(O)C(c1c(C2CC2)nc(-c2ccccc2)c(C)c1-c1ccc(F)cc1)[PH](=O)OC. The second-order valence-electron chi connectivity index (χ2n) is 8.84. The number of ether oxygens (including phenoxy) is 1. The Morgan fingerprint density at radius 3 is 2.44 bits per heavy atom. The molecular formula is C28H29FNO5P. The number of aliphatic hydroxyl groups excluding tert-OH is 1. The van der Waals surface area contributed by atoms with E-state index >= 15 is 0 Å². The number of halogens is 1. The molecule has 0 amide bonds. The van der Waals surface area contributed by atoms with Crippen molar-refractivity contribution in [3.8, 4) is 22.4 Å². The highest BCUT2D eigenvalue weighted by Crippen LogP contribution is 2.54. The molecule has 36 heavy (non-hydrogen) atoms. The van der Waals surface area contributed by atoms with Crippen LogP contribution in [0.1, 0.15) is 47.7 Å². The van der Waals surface area contributed by atoms with Gasteiger partial charge in [-0.2, -0.15) is 0 Å². The molecule has 8 heteroatoms. The maximum absolute atomic E-state index is 13.9. The third-order valence-corrected chi connectivity index (χ3v) is 7.98. The highest BCUT2D eigenvalue weighted by atomic mass is 31.1. The second-order valence-corrected chi connectivity index (χ2v) is 10.5. The summed E-state index contributed by atoms with van der Waals surface area (Å²) >= 11 is 0. The van der Waals surface area contributed by atoms with Crippen molar-refractivity contribution in [2.45, 2.75) is 43.9 Å². The minimum absolute atomic E-state index is 0.115. The monoisotopic (exact) mass is 509 g/mol. The number of carbonyl (C=O) groups is 1. The molecule has 4 rings (SSSR count). The van der Waals surface area contributed by atoms with Gasteiger partial charge in [-0.05, 0) is 54.2 Å². The lowest BCUT2D eigenvalue weighted by atomic mass is 9.87. The molecule has 6 nitrogen and oxygen atoms in total. The first-order chi connectivity index (χ1) is 17.3. The lowest BCUT2D eigenvalue weighted by Gasteiger charge is -2.28. The first-order valence-corrected chi connectivity index (χ1v) is 13.2. The molecule has 0 saturated heterocycles. The Bertz CT molecular complexity index is 1280. The lowest BCUT2D eigenvalue weighted by molar-refractivity contribution is -0.140. The summed E-state index contributed by atoms with van der Waals surface area (Å²) in [7, 11) is -1.57. The Morgan fingerprint density at radius 1 is 1.19 bits per heavy atom. The number of hydrogen-bond acceptors (Lipinski definition) is 6. The van der Waals surface area contributed by atoms with Gasteiger partial charge in [0, 0.05) is 24.3 Å². The van der Waals surface area contributed by atoms with Crippen LogP contribution in [0.5, 0.6) is 0 Å². The number of benzene rings is 2. The van der Waals surface area contributed by atoms with Crippen molar-refractivity contribution in [3.05, 3.63) is 90.1 Å². The van der Waals surface area contributed by atoms with E-state index in [0.717, 1.165) is 41.6 Å². The second kappa shape index (κ2) is 11.3. The Balaban J connectivity index is 2.01. The molecule has 0 radical (unpaired) electrons. The van der Waals surface area contributed by atoms with Gasteiger partial charge in [0.25, 0.3) is 0 Å². The zero-order valence-corrected chi connectivity index (χ0v) is 21.2. The molecule has 1 aromatic heterocycles. The van der Waals surface area contributed by atoms with Crippen molar-refractivity contribution in [1.82, 2.24) is 4.98 Å². The van der Waals surface area contributed by atoms with Gasteiger partial charge in [-0.25, -0.2) is 4.39 Å². The van der Waals surface area contributed by atoms with Gasteiger partial charge in [0.2, 0.25) is 8.03 Å². The van der Waals surface area contributed by atoms with Crippen LogP contribution < -0.4 is 0 Å². The van der Waals surface area contributed by atoms with Crippen LogP contribution in [0.25, 0.3) is 22.4 Å². The van der Waals surface area contributed by atoms with Crippen LogP contribution >= 0.6 is 8.03 Å². The topological polar surface area (TPSA) is 85.7 Å². The van der Waals surface area contributed by atoms with E-state index in [9.17, 15) is 18.9 Å². The molecule has 188 valence electrons. The fraction of sp³-hybridized carbons (Fsp3) is 0.286. The van der Waals surface area contributed by atoms with E-state index in [2.05, 4.69) is 6.58 Å². The van der Waals surface area contributed by atoms with Crippen LogP contribution in [0.4, 0.5) is 4.39 Å². The molecule has 0 bridgehead atoms. The predicted molar refractivity (Wildman–Crippen MR) is 137 cm³/mol. The van der Waals surface area contributed by atoms with Crippen molar-refractivity contribution in [2.24, 2.45) is 0 Å². The van der Waals surface area contributed by atoms with Gasteiger partial charge in [0.1, 0.15) is 5.82 Å². The minimum atomic E-state index is -2.88. The quantitative estimate of drug-likeness (QED) is 0.195. The highest BCUT2D eigenvalue weighted by molar-refractivity contribution is 7.39. The molecule has 1 aliphatic rings. The van der Waals surface area contributed by atoms with E-state index in [0.29, 0.717) is 16.7 Å². The summed E-state index contributed by atoms with van der Waals surface area (Å²) in [5, 5.41) is 11.2. The number of nitrogens with zero attached hydrogens (tertiary/aromatic N) is 1. The third-order valence-electron chi connectivity index (χ3n) is 6.39. The summed E-state index contributed by atoms with van der Waals surface area (Å²) in [5.74, 6) is -0.967. The first kappa shape index (κ1) is 26.0. The maximum atomic E-state index is 13.9. The van der Waals surface area contributed by atoms with Gasteiger partial charge in [0.15, 0.2) is 0 Å². The molecule has 3 aromatic rings. The molecule has 1 saturated carbocycles. The summed E-state index contributed by atoms with van der Waals surface area (Å²) in [6, 6.07) is 15.8. The van der Waals surface area contributed by atoms with E-state index in [-0.39, 0.29) is 11.7 Å². The van der Waals surface area contributed by atoms with Gasteiger partial charge >= 0.3 is 5.97 Å². The van der Waals surface area contributed by atoms with E-state index in [1.807, 2.05) is 37.3 Å². The number of hydrogen-bond donors (Lipinski definition) is 1. The molecule has 3 unspecified atom stereocenters. The van der Waals surface area contributed by atoms with Crippen LogP contribution in [-0.2, 0) is 18.6 Å². The molecule has 2 aromatic carbocycles. The largest absolute Gasteiger partial charge is 0.435 e. The number of esters is 1. The Morgan fingerprint density at radius 2 is 1.86 bits per heavy atom. The summed E-state index contributed by atoms with van der Waals surface area (Å²) in [4.78, 5) is 17.2. The van der Waals surface area contributed by atoms with Crippen molar-refractivity contribution in [1.29, 1.82) is 0 Å². The van der Waals surface area contributed by atoms with Gasteiger partial charge in [-0.15, -0.1) is 0 Å². The number of aromatic nitrogens is 1. The van der Waals surface area contributed by atoms with Crippen LogP contribution in [0.3, 0.4) is 0 Å². The Kier molecular flexibility index (Phi) is 8.14. The van der Waals surface area contributed by atoms with Crippen molar-refractivity contribution < 1.29 is 28.1 Å². The van der Waals surface area contributed by atoms with Gasteiger partial charge in [-0.3, -0.25) is 14.3 Å². The zero-order valence-electron chi connectivity index (χ0n) is 20.2. The molecular weight excluding hydrogens is 480 g/mol. The summed E-state index contributed by atoms with van der Waals surface area (Å²) in [6.07, 6.45) is 1.03. The number of rotatable bonds is 10. The zero-order chi connectivity index (χ0) is 25.8. The maximum Gasteiger partial charge on any atom is 0.313 e. The van der Waals surface area contributed by atoms with Crippen LogP contribution in [0, 0.1) is 12.7 Å². The van der Waals surface area contributed by atoms with E-state index in [1.165, 1.54) is 19.2 Å².